The summed E-state index contributed by atoms with van der Waals surface area (Å²) in [6, 6.07) is 0. The van der Waals surface area contributed by atoms with Crippen LogP contribution < -0.4 is 16.2 Å². The number of carboxylic acids is 1. The minimum atomic E-state index is -1.12. The van der Waals surface area contributed by atoms with E-state index in [0.29, 0.717) is 35.3 Å². The number of hydrogen-bond acceptors (Lipinski definition) is 8. The molecular formula is C14H19N4O3S2-. The highest BCUT2D eigenvalue weighted by Crippen LogP contribution is 2.20. The third-order valence-corrected chi connectivity index (χ3v) is 4.64. The third-order valence-electron chi connectivity index (χ3n) is 2.99. The molecule has 0 aromatic carbocycles. The number of aromatic nitrogens is 2. The van der Waals surface area contributed by atoms with Crippen LogP contribution in [0, 0.1) is 6.92 Å². The lowest BCUT2D eigenvalue weighted by Gasteiger charge is -2.15. The maximum absolute atomic E-state index is 11.6. The summed E-state index contributed by atoms with van der Waals surface area (Å²) in [5.41, 5.74) is 6.51. The van der Waals surface area contributed by atoms with Crippen molar-refractivity contribution >= 4 is 45.9 Å². The van der Waals surface area contributed by atoms with Crippen LogP contribution >= 0.6 is 24.0 Å². The van der Waals surface area contributed by atoms with E-state index in [9.17, 15) is 14.7 Å². The van der Waals surface area contributed by atoms with Crippen molar-refractivity contribution in [2.45, 2.75) is 44.9 Å². The fourth-order valence-electron chi connectivity index (χ4n) is 1.76. The van der Waals surface area contributed by atoms with E-state index in [2.05, 4.69) is 15.3 Å². The lowest BCUT2D eigenvalue weighted by Crippen LogP contribution is -2.25. The van der Waals surface area contributed by atoms with Gasteiger partial charge in [-0.2, -0.15) is 0 Å². The Balaban J connectivity index is 2.48. The van der Waals surface area contributed by atoms with Crippen LogP contribution in [0.5, 0.6) is 0 Å². The Kier molecular flexibility index (Phi) is 7.90. The van der Waals surface area contributed by atoms with Gasteiger partial charge in [0.2, 0.25) is 0 Å². The second-order valence-electron chi connectivity index (χ2n) is 4.95. The average molecular weight is 355 g/mol. The van der Waals surface area contributed by atoms with Gasteiger partial charge < -0.3 is 21.0 Å². The highest BCUT2D eigenvalue weighted by molar-refractivity contribution is 8.23. The van der Waals surface area contributed by atoms with E-state index in [4.69, 9.17) is 18.0 Å². The molecular weight excluding hydrogens is 336 g/mol. The minimum Gasteiger partial charge on any atom is -0.550 e. The maximum atomic E-state index is 11.6. The summed E-state index contributed by atoms with van der Waals surface area (Å²) < 4.78 is 0.443. The van der Waals surface area contributed by atoms with Crippen molar-refractivity contribution in [1.82, 2.24) is 15.3 Å². The quantitative estimate of drug-likeness (QED) is 0.636. The van der Waals surface area contributed by atoms with Gasteiger partial charge in [-0.1, -0.05) is 24.0 Å². The fraction of sp³-hybridized carbons (Fsp3) is 0.500. The average Bonchev–Trinajstić information content (AvgIpc) is 2.44. The number of rotatable bonds is 8. The number of carboxylic acid groups (broad SMARTS) is 1. The Morgan fingerprint density at radius 1 is 1.52 bits per heavy atom. The molecule has 0 saturated carbocycles. The monoisotopic (exact) mass is 355 g/mol. The van der Waals surface area contributed by atoms with Gasteiger partial charge in [-0.25, -0.2) is 9.97 Å². The lowest BCUT2D eigenvalue weighted by atomic mass is 10.1. The Morgan fingerprint density at radius 2 is 2.22 bits per heavy atom. The summed E-state index contributed by atoms with van der Waals surface area (Å²) in [5.74, 6) is -0.189. The SMILES string of the molecule is CC(=O)C(CCCC(=O)[O-])SC(=S)NCc1cnc(C)nc1N. The lowest BCUT2D eigenvalue weighted by molar-refractivity contribution is -0.305. The van der Waals surface area contributed by atoms with Crippen LogP contribution in [0.15, 0.2) is 6.20 Å². The van der Waals surface area contributed by atoms with Crippen LogP contribution in [0.2, 0.25) is 0 Å². The molecule has 0 amide bonds. The highest BCUT2D eigenvalue weighted by atomic mass is 32.2. The third kappa shape index (κ3) is 7.38. The largest absolute Gasteiger partial charge is 0.550 e. The van der Waals surface area contributed by atoms with Gasteiger partial charge in [-0.3, -0.25) is 4.79 Å². The van der Waals surface area contributed by atoms with Gasteiger partial charge in [0.05, 0.1) is 5.25 Å². The molecule has 1 heterocycles. The van der Waals surface area contributed by atoms with Gasteiger partial charge in [0.15, 0.2) is 0 Å². The summed E-state index contributed by atoms with van der Waals surface area (Å²) >= 11 is 6.42. The number of aliphatic carboxylic acids is 1. The number of thiocarbonyl (C=S) groups is 1. The molecule has 126 valence electrons. The number of anilines is 1. The number of ketones is 1. The first-order valence-electron chi connectivity index (χ1n) is 7.02. The number of nitrogens with zero attached hydrogens (tertiary/aromatic N) is 2. The number of carbonyl (C=O) groups excluding carboxylic acids is 2. The van der Waals surface area contributed by atoms with Gasteiger partial charge in [-0.15, -0.1) is 0 Å². The van der Waals surface area contributed by atoms with Crippen LogP contribution in [0.1, 0.15) is 37.6 Å². The molecule has 0 aliphatic heterocycles. The van der Waals surface area contributed by atoms with Crippen molar-refractivity contribution < 1.29 is 14.7 Å². The first-order chi connectivity index (χ1) is 10.8. The molecule has 0 aliphatic rings. The highest BCUT2D eigenvalue weighted by Gasteiger charge is 2.17. The number of hydrogen-bond donors (Lipinski definition) is 2. The zero-order chi connectivity index (χ0) is 17.4. The Morgan fingerprint density at radius 3 is 2.78 bits per heavy atom. The van der Waals surface area contributed by atoms with Crippen molar-refractivity contribution in [2.75, 3.05) is 5.73 Å². The first-order valence-corrected chi connectivity index (χ1v) is 8.31. The van der Waals surface area contributed by atoms with Crippen LogP contribution in [-0.2, 0) is 16.1 Å². The van der Waals surface area contributed by atoms with E-state index in [0.717, 1.165) is 5.56 Å². The van der Waals surface area contributed by atoms with Crippen LogP contribution in [0.25, 0.3) is 0 Å². The fourth-order valence-corrected chi connectivity index (χ4v) is 3.05. The molecule has 7 nitrogen and oxygen atoms in total. The molecule has 0 aliphatic carbocycles. The van der Waals surface area contributed by atoms with Crippen molar-refractivity contribution in [3.8, 4) is 0 Å². The number of thioether (sulfide) groups is 1. The molecule has 1 atom stereocenters. The molecule has 0 bridgehead atoms. The van der Waals surface area contributed by atoms with Crippen LogP contribution in [-0.4, -0.2) is 31.3 Å². The maximum Gasteiger partial charge on any atom is 0.143 e. The Labute approximate surface area is 144 Å². The molecule has 1 aromatic heterocycles. The zero-order valence-corrected chi connectivity index (χ0v) is 14.6. The van der Waals surface area contributed by atoms with E-state index in [1.807, 2.05) is 0 Å². The van der Waals surface area contributed by atoms with E-state index < -0.39 is 5.97 Å². The Bertz CT molecular complexity index is 595. The van der Waals surface area contributed by atoms with Gasteiger partial charge in [0.1, 0.15) is 21.7 Å². The second-order valence-corrected chi connectivity index (χ2v) is 6.83. The predicted octanol–water partition coefficient (Wildman–Crippen LogP) is 0.353. The predicted molar refractivity (Wildman–Crippen MR) is 91.5 cm³/mol. The summed E-state index contributed by atoms with van der Waals surface area (Å²) in [7, 11) is 0. The van der Waals surface area contributed by atoms with Gasteiger partial charge in [0.25, 0.3) is 0 Å². The second kappa shape index (κ2) is 9.41. The van der Waals surface area contributed by atoms with E-state index in [1.165, 1.54) is 18.7 Å². The summed E-state index contributed by atoms with van der Waals surface area (Å²) in [6.07, 6.45) is 2.37. The molecule has 0 radical (unpaired) electrons. The van der Waals surface area contributed by atoms with Gasteiger partial charge in [-0.05, 0) is 33.1 Å². The number of aryl methyl sites for hydroxylation is 1. The first kappa shape index (κ1) is 19.3. The molecule has 23 heavy (non-hydrogen) atoms. The van der Waals surface area contributed by atoms with E-state index >= 15 is 0 Å². The number of carbonyl (C=O) groups is 2. The van der Waals surface area contributed by atoms with E-state index in [1.54, 1.807) is 13.1 Å². The molecule has 0 fully saturated rings. The van der Waals surface area contributed by atoms with E-state index in [-0.39, 0.29) is 17.5 Å². The summed E-state index contributed by atoms with van der Waals surface area (Å²) in [6.45, 7) is 3.57. The molecule has 0 spiro atoms. The molecule has 9 heteroatoms. The molecule has 3 N–H and O–H groups in total. The van der Waals surface area contributed by atoms with Crippen molar-refractivity contribution in [3.05, 3.63) is 17.6 Å². The summed E-state index contributed by atoms with van der Waals surface area (Å²) in [4.78, 5) is 30.2. The van der Waals surface area contributed by atoms with Crippen molar-refractivity contribution in [3.63, 3.8) is 0 Å². The number of Topliss-reactive ketones (excluding diaryl/α,β-unsaturated/α-hetero) is 1. The van der Waals surface area contributed by atoms with Crippen LogP contribution in [0.3, 0.4) is 0 Å². The number of nitrogen functional groups attached to an aromatic ring is 1. The molecule has 1 unspecified atom stereocenters. The number of nitrogens with two attached hydrogens (primary N) is 1. The van der Waals surface area contributed by atoms with Crippen LogP contribution in [0.4, 0.5) is 5.82 Å². The molecule has 0 saturated heterocycles. The minimum absolute atomic E-state index is 0.0457. The zero-order valence-electron chi connectivity index (χ0n) is 13.0. The van der Waals surface area contributed by atoms with Gasteiger partial charge in [0, 0.05) is 24.3 Å². The standard InChI is InChI=1S/C14H20N4O3S2/c1-8(19)11(4-3-5-12(20)21)23-14(22)17-7-10-6-16-9(2)18-13(10)15/h6,11H,3-5,7H2,1-2H3,(H,17,22)(H,20,21)(H2,15,16,18)/p-1. The van der Waals surface area contributed by atoms with Gasteiger partial charge >= 0.3 is 0 Å². The Hall–Kier alpha value is -1.74. The summed E-state index contributed by atoms with van der Waals surface area (Å²) in [5, 5.41) is 13.0. The van der Waals surface area contributed by atoms with Crippen molar-refractivity contribution in [2.24, 2.45) is 0 Å². The smallest absolute Gasteiger partial charge is 0.143 e. The molecule has 1 rings (SSSR count). The normalized spacial score (nSPS) is 11.7. The topological polar surface area (TPSA) is 121 Å². The molecule has 1 aromatic rings. The number of nitrogens with one attached hydrogen (secondary N) is 1. The van der Waals surface area contributed by atoms with Crippen molar-refractivity contribution in [1.29, 1.82) is 0 Å².